The average molecular weight is 407 g/mol. The summed E-state index contributed by atoms with van der Waals surface area (Å²) in [4.78, 5) is 24.9. The van der Waals surface area contributed by atoms with Gasteiger partial charge in [-0.05, 0) is 41.5 Å². The van der Waals surface area contributed by atoms with Crippen LogP contribution in [-0.4, -0.2) is 25.0 Å². The van der Waals surface area contributed by atoms with Crippen molar-refractivity contribution >= 4 is 11.9 Å². The quantitative estimate of drug-likeness (QED) is 0.622. The fourth-order valence-electron chi connectivity index (χ4n) is 3.51. The maximum absolute atomic E-state index is 12.9. The van der Waals surface area contributed by atoms with Crippen molar-refractivity contribution in [3.8, 4) is 17.2 Å². The van der Waals surface area contributed by atoms with Gasteiger partial charge in [-0.2, -0.15) is 5.26 Å². The van der Waals surface area contributed by atoms with Gasteiger partial charge in [0, 0.05) is 5.92 Å². The van der Waals surface area contributed by atoms with Gasteiger partial charge in [0.15, 0.2) is 0 Å². The van der Waals surface area contributed by atoms with Gasteiger partial charge in [0.25, 0.3) is 0 Å². The number of rotatable bonds is 9. The molecule has 0 saturated carbocycles. The molecule has 1 N–H and O–H groups in total. The first kappa shape index (κ1) is 23.2. The molecule has 1 amide bonds. The molecule has 0 spiro atoms. The van der Waals surface area contributed by atoms with Crippen molar-refractivity contribution in [1.29, 1.82) is 5.26 Å². The molecule has 0 aromatic heterocycles. The summed E-state index contributed by atoms with van der Waals surface area (Å²) in [6.07, 6.45) is 2.19. The molecule has 0 fully saturated rings. The molecule has 0 aliphatic carbocycles. The van der Waals surface area contributed by atoms with Gasteiger partial charge < -0.3 is 10.1 Å². The van der Waals surface area contributed by atoms with Crippen molar-refractivity contribution in [2.75, 3.05) is 7.11 Å². The van der Waals surface area contributed by atoms with Crippen molar-refractivity contribution in [3.63, 3.8) is 0 Å². The van der Waals surface area contributed by atoms with Crippen molar-refractivity contribution in [2.45, 2.75) is 46.1 Å². The minimum Gasteiger partial charge on any atom is -0.467 e. The number of ether oxygens (including phenoxy) is 1. The van der Waals surface area contributed by atoms with Crippen molar-refractivity contribution in [3.05, 3.63) is 59.7 Å². The molecule has 0 bridgehead atoms. The molecule has 0 aliphatic rings. The molecular formula is C25H30N2O3. The Kier molecular flexibility index (Phi) is 8.61. The molecule has 5 nitrogen and oxygen atoms in total. The van der Waals surface area contributed by atoms with Gasteiger partial charge >= 0.3 is 5.97 Å². The molecule has 2 aromatic carbocycles. The van der Waals surface area contributed by atoms with Gasteiger partial charge in [-0.25, -0.2) is 4.79 Å². The number of amides is 1. The summed E-state index contributed by atoms with van der Waals surface area (Å²) in [5.74, 6) is -0.824. The van der Waals surface area contributed by atoms with Gasteiger partial charge in [-0.15, -0.1) is 0 Å². The highest BCUT2D eigenvalue weighted by molar-refractivity contribution is 5.86. The minimum absolute atomic E-state index is 0.0526. The van der Waals surface area contributed by atoms with E-state index in [4.69, 9.17) is 4.74 Å². The van der Waals surface area contributed by atoms with Crippen LogP contribution >= 0.6 is 0 Å². The van der Waals surface area contributed by atoms with E-state index >= 15 is 0 Å². The highest BCUT2D eigenvalue weighted by Gasteiger charge is 2.28. The Morgan fingerprint density at radius 2 is 1.77 bits per heavy atom. The van der Waals surface area contributed by atoms with Crippen molar-refractivity contribution in [2.24, 2.45) is 11.8 Å². The Labute approximate surface area is 179 Å². The zero-order valence-electron chi connectivity index (χ0n) is 18.1. The predicted octanol–water partition coefficient (Wildman–Crippen LogP) is 4.50. The molecule has 0 radical (unpaired) electrons. The summed E-state index contributed by atoms with van der Waals surface area (Å²) < 4.78 is 4.83. The van der Waals surface area contributed by atoms with E-state index in [0.717, 1.165) is 29.5 Å². The van der Waals surface area contributed by atoms with E-state index in [1.54, 1.807) is 6.07 Å². The third-order valence-corrected chi connectivity index (χ3v) is 5.22. The van der Waals surface area contributed by atoms with Gasteiger partial charge in [0.1, 0.15) is 6.04 Å². The van der Waals surface area contributed by atoms with Gasteiger partial charge in [0.2, 0.25) is 5.91 Å². The summed E-state index contributed by atoms with van der Waals surface area (Å²) in [6.45, 7) is 5.81. The third kappa shape index (κ3) is 5.93. The monoisotopic (exact) mass is 406 g/mol. The normalized spacial score (nSPS) is 12.7. The lowest BCUT2D eigenvalue weighted by molar-refractivity contribution is -0.147. The number of methoxy groups -OCH3 is 1. The van der Waals surface area contributed by atoms with Gasteiger partial charge in [0.05, 0.1) is 18.7 Å². The van der Waals surface area contributed by atoms with Crippen molar-refractivity contribution in [1.82, 2.24) is 5.32 Å². The summed E-state index contributed by atoms with van der Waals surface area (Å²) in [6, 6.07) is 17.0. The zero-order valence-corrected chi connectivity index (χ0v) is 18.1. The predicted molar refractivity (Wildman–Crippen MR) is 117 cm³/mol. The highest BCUT2D eigenvalue weighted by atomic mass is 16.5. The SMILES string of the molecule is CCCC(Cc1ccc(-c2ccccc2C#N)cc1)C(=O)N[C@H](C(=O)OC)C(C)C. The lowest BCUT2D eigenvalue weighted by Crippen LogP contribution is -2.47. The molecule has 1 unspecified atom stereocenters. The number of nitrogens with zero attached hydrogens (tertiary/aromatic N) is 1. The molecule has 5 heteroatoms. The Morgan fingerprint density at radius 1 is 1.10 bits per heavy atom. The molecule has 2 aromatic rings. The molecule has 158 valence electrons. The van der Waals surface area contributed by atoms with E-state index in [2.05, 4.69) is 11.4 Å². The Morgan fingerprint density at radius 3 is 2.33 bits per heavy atom. The largest absolute Gasteiger partial charge is 0.467 e. The van der Waals surface area contributed by atoms with Crippen LogP contribution in [0.25, 0.3) is 11.1 Å². The van der Waals surface area contributed by atoms with E-state index in [0.29, 0.717) is 12.0 Å². The maximum atomic E-state index is 12.9. The van der Waals surface area contributed by atoms with Crippen LogP contribution < -0.4 is 5.32 Å². The average Bonchev–Trinajstić information content (AvgIpc) is 2.76. The van der Waals surface area contributed by atoms with Crippen LogP contribution in [0.2, 0.25) is 0 Å². The molecule has 2 rings (SSSR count). The van der Waals surface area contributed by atoms with E-state index in [1.165, 1.54) is 7.11 Å². The molecule has 30 heavy (non-hydrogen) atoms. The van der Waals surface area contributed by atoms with Gasteiger partial charge in [-0.1, -0.05) is 69.7 Å². The highest BCUT2D eigenvalue weighted by Crippen LogP contribution is 2.25. The first-order valence-corrected chi connectivity index (χ1v) is 10.4. The Hall–Kier alpha value is -3.13. The zero-order chi connectivity index (χ0) is 22.1. The van der Waals surface area contributed by atoms with Crippen LogP contribution in [0.15, 0.2) is 48.5 Å². The number of nitriles is 1. The Bertz CT molecular complexity index is 897. The molecule has 2 atom stereocenters. The summed E-state index contributed by atoms with van der Waals surface area (Å²) in [5.41, 5.74) is 3.54. The van der Waals surface area contributed by atoms with Crippen LogP contribution in [0.5, 0.6) is 0 Å². The first-order valence-electron chi connectivity index (χ1n) is 10.4. The van der Waals surface area contributed by atoms with Gasteiger partial charge in [-0.3, -0.25) is 4.79 Å². The lowest BCUT2D eigenvalue weighted by Gasteiger charge is -2.23. The Balaban J connectivity index is 2.15. The first-order chi connectivity index (χ1) is 14.4. The van der Waals surface area contributed by atoms with E-state index in [-0.39, 0.29) is 17.7 Å². The van der Waals surface area contributed by atoms with Crippen LogP contribution in [-0.2, 0) is 20.7 Å². The van der Waals surface area contributed by atoms with E-state index in [9.17, 15) is 14.9 Å². The van der Waals surface area contributed by atoms with Crippen molar-refractivity contribution < 1.29 is 14.3 Å². The van der Waals surface area contributed by atoms with Crippen LogP contribution in [0.1, 0.15) is 44.7 Å². The number of carbonyl (C=O) groups excluding carboxylic acids is 2. The van der Waals surface area contributed by atoms with Crippen LogP contribution in [0, 0.1) is 23.2 Å². The van der Waals surface area contributed by atoms with E-state index in [1.807, 2.05) is 63.2 Å². The summed E-state index contributed by atoms with van der Waals surface area (Å²) >= 11 is 0. The second-order valence-corrected chi connectivity index (χ2v) is 7.80. The van der Waals surface area contributed by atoms with E-state index < -0.39 is 12.0 Å². The smallest absolute Gasteiger partial charge is 0.328 e. The fourth-order valence-corrected chi connectivity index (χ4v) is 3.51. The topological polar surface area (TPSA) is 79.2 Å². The fraction of sp³-hybridized carbons (Fsp3) is 0.400. The number of carbonyl (C=O) groups is 2. The number of hydrogen-bond acceptors (Lipinski definition) is 4. The van der Waals surface area contributed by atoms with Crippen LogP contribution in [0.3, 0.4) is 0 Å². The second kappa shape index (κ2) is 11.2. The minimum atomic E-state index is -0.647. The number of benzene rings is 2. The summed E-state index contributed by atoms with van der Waals surface area (Å²) in [5, 5.41) is 12.2. The molecular weight excluding hydrogens is 376 g/mol. The second-order valence-electron chi connectivity index (χ2n) is 7.80. The summed E-state index contributed by atoms with van der Waals surface area (Å²) in [7, 11) is 1.33. The van der Waals surface area contributed by atoms with Crippen LogP contribution in [0.4, 0.5) is 0 Å². The molecule has 0 saturated heterocycles. The number of nitrogens with one attached hydrogen (secondary N) is 1. The number of esters is 1. The molecule has 0 heterocycles. The maximum Gasteiger partial charge on any atom is 0.328 e. The standard InChI is InChI=1S/C25H30N2O3/c1-5-8-20(24(28)27-23(17(2)3)25(29)30-4)15-18-11-13-19(14-12-18)22-10-7-6-9-21(22)16-26/h6-7,9-14,17,20,23H,5,8,15H2,1-4H3,(H,27,28)/t20?,23-/m0/s1. The lowest BCUT2D eigenvalue weighted by atomic mass is 9.91. The molecule has 0 aliphatic heterocycles. The number of hydrogen-bond donors (Lipinski definition) is 1. The third-order valence-electron chi connectivity index (χ3n) is 5.22.